The number of benzene rings is 1. The van der Waals surface area contributed by atoms with Crippen LogP contribution in [0.1, 0.15) is 19.8 Å². The zero-order valence-electron chi connectivity index (χ0n) is 11.3. The Morgan fingerprint density at radius 2 is 2.05 bits per heavy atom. The second-order valence-electron chi connectivity index (χ2n) is 4.82. The lowest BCUT2D eigenvalue weighted by atomic mass is 9.93. The molecule has 1 aromatic rings. The molecule has 0 amide bonds. The highest BCUT2D eigenvalue weighted by Gasteiger charge is 2.22. The van der Waals surface area contributed by atoms with E-state index in [4.69, 9.17) is 4.74 Å². The summed E-state index contributed by atoms with van der Waals surface area (Å²) in [5.74, 6) is 0.952. The van der Waals surface area contributed by atoms with Crippen LogP contribution in [-0.2, 0) is 4.79 Å². The summed E-state index contributed by atoms with van der Waals surface area (Å²) in [6.07, 6.45) is 1.76. The molecule has 1 aliphatic rings. The molecule has 2 rings (SSSR count). The van der Waals surface area contributed by atoms with Gasteiger partial charge in [0.25, 0.3) is 0 Å². The highest BCUT2D eigenvalue weighted by molar-refractivity contribution is 5.78. The number of carbonyl (C=O) groups is 1. The molecule has 0 aliphatic carbocycles. The SMILES string of the molecule is COc1cc(N2CCC(C(C)=O)CC2)ccc1N=O. The maximum absolute atomic E-state index is 11.3. The lowest BCUT2D eigenvalue weighted by molar-refractivity contribution is -0.121. The lowest BCUT2D eigenvalue weighted by Gasteiger charge is -2.32. The zero-order chi connectivity index (χ0) is 13.8. The summed E-state index contributed by atoms with van der Waals surface area (Å²) in [6, 6.07) is 5.36. The van der Waals surface area contributed by atoms with Crippen molar-refractivity contribution in [2.75, 3.05) is 25.1 Å². The smallest absolute Gasteiger partial charge is 0.150 e. The highest BCUT2D eigenvalue weighted by Crippen LogP contribution is 2.33. The van der Waals surface area contributed by atoms with Gasteiger partial charge in [0.2, 0.25) is 0 Å². The van der Waals surface area contributed by atoms with Crippen LogP contribution in [0.15, 0.2) is 23.4 Å². The number of anilines is 1. The lowest BCUT2D eigenvalue weighted by Crippen LogP contribution is -2.35. The van der Waals surface area contributed by atoms with Crippen molar-refractivity contribution < 1.29 is 9.53 Å². The maximum Gasteiger partial charge on any atom is 0.150 e. The van der Waals surface area contributed by atoms with E-state index in [9.17, 15) is 9.70 Å². The van der Waals surface area contributed by atoms with Crippen molar-refractivity contribution >= 4 is 17.2 Å². The van der Waals surface area contributed by atoms with Crippen LogP contribution in [0.2, 0.25) is 0 Å². The Bertz CT molecular complexity index is 480. The molecule has 1 aliphatic heterocycles. The van der Waals surface area contributed by atoms with Crippen LogP contribution < -0.4 is 9.64 Å². The van der Waals surface area contributed by atoms with Crippen molar-refractivity contribution in [3.63, 3.8) is 0 Å². The molecule has 0 bridgehead atoms. The van der Waals surface area contributed by atoms with Gasteiger partial charge in [-0.15, -0.1) is 4.91 Å². The van der Waals surface area contributed by atoms with Crippen molar-refractivity contribution in [1.29, 1.82) is 0 Å². The van der Waals surface area contributed by atoms with E-state index >= 15 is 0 Å². The zero-order valence-corrected chi connectivity index (χ0v) is 11.3. The number of ether oxygens (including phenoxy) is 1. The molecule has 5 heteroatoms. The Morgan fingerprint density at radius 3 is 2.58 bits per heavy atom. The summed E-state index contributed by atoms with van der Waals surface area (Å²) in [5, 5.41) is 2.92. The molecular weight excluding hydrogens is 244 g/mol. The molecule has 1 saturated heterocycles. The first kappa shape index (κ1) is 13.5. The number of rotatable bonds is 4. The number of methoxy groups -OCH3 is 1. The second-order valence-corrected chi connectivity index (χ2v) is 4.82. The molecule has 0 saturated carbocycles. The molecule has 0 atom stereocenters. The van der Waals surface area contributed by atoms with Crippen LogP contribution >= 0.6 is 0 Å². The van der Waals surface area contributed by atoms with Crippen molar-refractivity contribution in [2.45, 2.75) is 19.8 Å². The Hall–Kier alpha value is -1.91. The Morgan fingerprint density at radius 1 is 1.37 bits per heavy atom. The van der Waals surface area contributed by atoms with Gasteiger partial charge in [-0.25, -0.2) is 0 Å². The third-order valence-electron chi connectivity index (χ3n) is 3.70. The largest absolute Gasteiger partial charge is 0.494 e. The van der Waals surface area contributed by atoms with E-state index < -0.39 is 0 Å². The number of carbonyl (C=O) groups excluding carboxylic acids is 1. The van der Waals surface area contributed by atoms with E-state index in [0.717, 1.165) is 31.6 Å². The number of hydrogen-bond acceptors (Lipinski definition) is 5. The van der Waals surface area contributed by atoms with Gasteiger partial charge in [-0.1, -0.05) is 0 Å². The van der Waals surface area contributed by atoms with Gasteiger partial charge in [-0.2, -0.15) is 0 Å². The first-order valence-corrected chi connectivity index (χ1v) is 6.42. The summed E-state index contributed by atoms with van der Waals surface area (Å²) in [7, 11) is 1.52. The molecule has 0 spiro atoms. The molecular formula is C14H18N2O3. The van der Waals surface area contributed by atoms with E-state index in [1.165, 1.54) is 7.11 Å². The minimum atomic E-state index is 0.189. The topological polar surface area (TPSA) is 59.0 Å². The standard InChI is InChI=1S/C14H18N2O3/c1-10(17)11-5-7-16(8-6-11)12-3-4-13(15-18)14(9-12)19-2/h3-4,9,11H,5-8H2,1-2H3. The van der Waals surface area contributed by atoms with Crippen molar-refractivity contribution in [3.05, 3.63) is 23.1 Å². The molecule has 1 heterocycles. The quantitative estimate of drug-likeness (QED) is 0.783. The fourth-order valence-corrected chi connectivity index (χ4v) is 2.48. The summed E-state index contributed by atoms with van der Waals surface area (Å²) in [6.45, 7) is 3.36. The average molecular weight is 262 g/mol. The fourth-order valence-electron chi connectivity index (χ4n) is 2.48. The molecule has 102 valence electrons. The monoisotopic (exact) mass is 262 g/mol. The number of nitroso groups, excluding NO2 is 1. The molecule has 0 N–H and O–H groups in total. The predicted molar refractivity (Wildman–Crippen MR) is 74.1 cm³/mol. The van der Waals surface area contributed by atoms with E-state index in [2.05, 4.69) is 10.1 Å². The third kappa shape index (κ3) is 2.92. The summed E-state index contributed by atoms with van der Waals surface area (Å²) in [5.41, 5.74) is 1.32. The first-order valence-electron chi connectivity index (χ1n) is 6.42. The van der Waals surface area contributed by atoms with Crippen LogP contribution in [0.5, 0.6) is 5.75 Å². The van der Waals surface area contributed by atoms with E-state index in [-0.39, 0.29) is 11.7 Å². The number of Topliss-reactive ketones (excluding diaryl/α,β-unsaturated/α-hetero) is 1. The Labute approximate surface area is 112 Å². The summed E-state index contributed by atoms with van der Waals surface area (Å²) < 4.78 is 5.15. The Balaban J connectivity index is 2.11. The van der Waals surface area contributed by atoms with E-state index in [1.807, 2.05) is 12.1 Å². The first-order chi connectivity index (χ1) is 9.15. The van der Waals surface area contributed by atoms with Crippen LogP contribution in [0.4, 0.5) is 11.4 Å². The molecule has 0 radical (unpaired) electrons. The van der Waals surface area contributed by atoms with Gasteiger partial charge >= 0.3 is 0 Å². The average Bonchev–Trinajstić information content (AvgIpc) is 2.46. The number of hydrogen-bond donors (Lipinski definition) is 0. The number of piperidine rings is 1. The van der Waals surface area contributed by atoms with Gasteiger partial charge in [-0.3, -0.25) is 4.79 Å². The minimum Gasteiger partial charge on any atom is -0.494 e. The summed E-state index contributed by atoms with van der Waals surface area (Å²) in [4.78, 5) is 24.2. The molecule has 1 aromatic carbocycles. The van der Waals surface area contributed by atoms with Crippen LogP contribution in [0.25, 0.3) is 0 Å². The molecule has 19 heavy (non-hydrogen) atoms. The van der Waals surface area contributed by atoms with Gasteiger partial charge in [0.15, 0.2) is 0 Å². The molecule has 0 aromatic heterocycles. The van der Waals surface area contributed by atoms with E-state index in [0.29, 0.717) is 11.4 Å². The molecule has 0 unspecified atom stereocenters. The van der Waals surface area contributed by atoms with Crippen molar-refractivity contribution in [1.82, 2.24) is 0 Å². The predicted octanol–water partition coefficient (Wildman–Crippen LogP) is 2.90. The van der Waals surface area contributed by atoms with Crippen molar-refractivity contribution in [3.8, 4) is 5.75 Å². The van der Waals surface area contributed by atoms with Gasteiger partial charge in [-0.05, 0) is 37.1 Å². The van der Waals surface area contributed by atoms with E-state index in [1.54, 1.807) is 13.0 Å². The second kappa shape index (κ2) is 5.82. The van der Waals surface area contributed by atoms with Crippen LogP contribution in [0, 0.1) is 10.8 Å². The van der Waals surface area contributed by atoms with Gasteiger partial charge in [0.1, 0.15) is 17.2 Å². The van der Waals surface area contributed by atoms with Crippen molar-refractivity contribution in [2.24, 2.45) is 11.1 Å². The van der Waals surface area contributed by atoms with Gasteiger partial charge in [0.05, 0.1) is 7.11 Å². The number of ketones is 1. The normalized spacial score (nSPS) is 16.2. The highest BCUT2D eigenvalue weighted by atomic mass is 16.5. The Kier molecular flexibility index (Phi) is 4.14. The molecule has 1 fully saturated rings. The van der Waals surface area contributed by atoms with Crippen LogP contribution in [0.3, 0.4) is 0 Å². The minimum absolute atomic E-state index is 0.189. The summed E-state index contributed by atoms with van der Waals surface area (Å²) >= 11 is 0. The number of nitrogens with zero attached hydrogens (tertiary/aromatic N) is 2. The third-order valence-corrected chi connectivity index (χ3v) is 3.70. The van der Waals surface area contributed by atoms with Gasteiger partial charge < -0.3 is 9.64 Å². The maximum atomic E-state index is 11.3. The van der Waals surface area contributed by atoms with Crippen LogP contribution in [-0.4, -0.2) is 26.0 Å². The van der Waals surface area contributed by atoms with Gasteiger partial charge in [0, 0.05) is 30.8 Å². The fraction of sp³-hybridized carbons (Fsp3) is 0.500. The molecule has 5 nitrogen and oxygen atoms in total.